The first-order valence-corrected chi connectivity index (χ1v) is 10.5. The van der Waals surface area contributed by atoms with Crippen molar-refractivity contribution >= 4 is 38.4 Å². The second kappa shape index (κ2) is 7.85. The average Bonchev–Trinajstić information content (AvgIpc) is 2.71. The van der Waals surface area contributed by atoms with Gasteiger partial charge in [-0.05, 0) is 36.4 Å². The Hall–Kier alpha value is -3.12. The average molecular weight is 457 g/mol. The van der Waals surface area contributed by atoms with Gasteiger partial charge in [0.05, 0.1) is 16.8 Å². The maximum Gasteiger partial charge on any atom is 0.525 e. The highest BCUT2D eigenvalue weighted by Crippen LogP contribution is 2.35. The molecule has 0 aliphatic carbocycles. The van der Waals surface area contributed by atoms with E-state index in [1.54, 1.807) is 12.1 Å². The number of halogens is 3. The van der Waals surface area contributed by atoms with E-state index in [9.17, 15) is 31.2 Å². The van der Waals surface area contributed by atoms with Crippen molar-refractivity contribution in [2.24, 2.45) is 11.5 Å². The molecule has 2 aromatic rings. The van der Waals surface area contributed by atoms with Crippen LogP contribution in [0.4, 0.5) is 13.2 Å². The van der Waals surface area contributed by atoms with Crippen LogP contribution in [0.15, 0.2) is 36.0 Å². The van der Waals surface area contributed by atoms with Gasteiger partial charge in [-0.25, -0.2) is 0 Å². The molecule has 166 valence electrons. The van der Waals surface area contributed by atoms with Crippen molar-refractivity contribution < 1.29 is 35.5 Å². The second-order valence-corrected chi connectivity index (χ2v) is 8.37. The minimum absolute atomic E-state index is 0.144. The summed E-state index contributed by atoms with van der Waals surface area (Å²) in [6.45, 7) is 1.96. The van der Waals surface area contributed by atoms with Crippen LogP contribution in [-0.2, 0) is 14.4 Å². The predicted octanol–water partition coefficient (Wildman–Crippen LogP) is 2.99. The zero-order chi connectivity index (χ0) is 23.1. The van der Waals surface area contributed by atoms with E-state index in [1.165, 1.54) is 18.2 Å². The van der Waals surface area contributed by atoms with Gasteiger partial charge < -0.3 is 11.5 Å². The number of carbonyl (C=O) groups is 2. The normalized spacial score (nSPS) is 15.4. The maximum absolute atomic E-state index is 12.8. The van der Waals surface area contributed by atoms with E-state index in [4.69, 9.17) is 11.5 Å². The first-order chi connectivity index (χ1) is 14.4. The second-order valence-electron chi connectivity index (χ2n) is 6.85. The van der Waals surface area contributed by atoms with Crippen LogP contribution in [-0.4, -0.2) is 30.8 Å². The summed E-state index contributed by atoms with van der Waals surface area (Å²) in [6.07, 6.45) is 2.11. The lowest BCUT2D eigenvalue weighted by Gasteiger charge is -2.26. The molecule has 31 heavy (non-hydrogen) atoms. The molecule has 0 saturated carbocycles. The topological polar surface area (TPSA) is 133 Å². The number of nitrogens with zero attached hydrogens (tertiary/aromatic N) is 1. The summed E-state index contributed by atoms with van der Waals surface area (Å²) in [5.74, 6) is -2.71. The van der Waals surface area contributed by atoms with Gasteiger partial charge in [-0.15, -0.1) is 9.35 Å². The number of benzene rings is 2. The minimum Gasteiger partial charge on any atom is -0.400 e. The van der Waals surface area contributed by atoms with Gasteiger partial charge in [0, 0.05) is 16.6 Å². The maximum atomic E-state index is 12.8. The monoisotopic (exact) mass is 457 g/mol. The molecule has 8 nitrogen and oxygen atoms in total. The molecule has 4 N–H and O–H groups in total. The van der Waals surface area contributed by atoms with Crippen molar-refractivity contribution in [3.8, 4) is 0 Å². The van der Waals surface area contributed by atoms with E-state index < -0.39 is 32.5 Å². The Morgan fingerprint density at radius 1 is 1.10 bits per heavy atom. The highest BCUT2D eigenvalue weighted by Gasteiger charge is 2.51. The van der Waals surface area contributed by atoms with Crippen LogP contribution in [0.2, 0.25) is 0 Å². The molecule has 0 aromatic heterocycles. The van der Waals surface area contributed by atoms with E-state index in [0.717, 1.165) is 12.8 Å². The van der Waals surface area contributed by atoms with Gasteiger partial charge >= 0.3 is 15.6 Å². The number of unbranched alkanes of at least 4 members (excludes halogenated alkanes) is 1. The zero-order valence-electron chi connectivity index (χ0n) is 16.2. The molecule has 0 spiro atoms. The highest BCUT2D eigenvalue weighted by molar-refractivity contribution is 7.87. The fourth-order valence-corrected chi connectivity index (χ4v) is 3.55. The van der Waals surface area contributed by atoms with Crippen molar-refractivity contribution in [3.63, 3.8) is 0 Å². The van der Waals surface area contributed by atoms with Gasteiger partial charge in [-0.1, -0.05) is 25.5 Å². The van der Waals surface area contributed by atoms with Crippen LogP contribution in [0.3, 0.4) is 0 Å². The van der Waals surface area contributed by atoms with Gasteiger partial charge in [0.2, 0.25) is 0 Å². The lowest BCUT2D eigenvalue weighted by Crippen LogP contribution is -2.44. The number of hydrogen-bond acceptors (Lipinski definition) is 7. The van der Waals surface area contributed by atoms with Crippen molar-refractivity contribution in [1.29, 1.82) is 0 Å². The summed E-state index contributed by atoms with van der Waals surface area (Å²) in [7, 11) is -6.25. The van der Waals surface area contributed by atoms with E-state index in [1.807, 2.05) is 6.92 Å². The molecule has 0 unspecified atom stereocenters. The molecule has 0 radical (unpaired) electrons. The molecule has 0 fully saturated rings. The Labute approximate surface area is 175 Å². The Morgan fingerprint density at radius 2 is 1.74 bits per heavy atom. The third-order valence-electron chi connectivity index (χ3n) is 4.72. The molecule has 2 aromatic carbocycles. The molecule has 12 heteroatoms. The van der Waals surface area contributed by atoms with Gasteiger partial charge in [0.1, 0.15) is 0 Å². The van der Waals surface area contributed by atoms with E-state index in [2.05, 4.69) is 4.28 Å². The van der Waals surface area contributed by atoms with Crippen molar-refractivity contribution in [2.75, 3.05) is 0 Å². The standard InChI is InChI=1S/C19H18F3N3O5S/c1-2-3-7-14(23)16(24)11-8-10-5-4-6-12-15(10)13(9-11)18(27)25(17(12)26)30-31(28,29)19(20,21)22/h4-6,8-9H,2-3,7,23-24H2,1H3/b16-14-. The number of nitrogens with two attached hydrogens (primary N) is 2. The number of hydrogen-bond donors (Lipinski definition) is 2. The number of amides is 2. The van der Waals surface area contributed by atoms with Crippen molar-refractivity contribution in [2.45, 2.75) is 31.7 Å². The summed E-state index contributed by atoms with van der Waals surface area (Å²) in [6, 6.07) is 7.07. The first-order valence-electron chi connectivity index (χ1n) is 9.10. The molecule has 0 saturated heterocycles. The number of hydroxylamine groups is 2. The zero-order valence-corrected chi connectivity index (χ0v) is 17.0. The smallest absolute Gasteiger partial charge is 0.400 e. The van der Waals surface area contributed by atoms with Crippen LogP contribution in [0.25, 0.3) is 16.5 Å². The van der Waals surface area contributed by atoms with Crippen LogP contribution >= 0.6 is 0 Å². The molecule has 2 amide bonds. The van der Waals surface area contributed by atoms with Gasteiger partial charge in [0.25, 0.3) is 11.8 Å². The molecule has 1 heterocycles. The largest absolute Gasteiger partial charge is 0.525 e. The van der Waals surface area contributed by atoms with E-state index in [-0.39, 0.29) is 22.2 Å². The summed E-state index contributed by atoms with van der Waals surface area (Å²) in [4.78, 5) is 25.4. The molecule has 1 aliphatic heterocycles. The van der Waals surface area contributed by atoms with Gasteiger partial charge in [-0.2, -0.15) is 21.6 Å². The SMILES string of the molecule is CCCC/C(N)=C(/N)c1cc2c3c(cccc3c1)C(=O)N(OS(=O)(=O)C(F)(F)F)C2=O. The third-order valence-corrected chi connectivity index (χ3v) is 5.63. The fraction of sp³-hybridized carbons (Fsp3) is 0.263. The Balaban J connectivity index is 2.17. The lowest BCUT2D eigenvalue weighted by atomic mass is 9.92. The van der Waals surface area contributed by atoms with Crippen molar-refractivity contribution in [1.82, 2.24) is 5.06 Å². The summed E-state index contributed by atoms with van der Waals surface area (Å²) >= 11 is 0. The summed E-state index contributed by atoms with van der Waals surface area (Å²) in [5, 5.41) is 0.131. The number of imide groups is 1. The number of rotatable bonds is 6. The molecular formula is C19H18F3N3O5S. The Morgan fingerprint density at radius 3 is 2.35 bits per heavy atom. The molecule has 1 aliphatic rings. The molecule has 0 atom stereocenters. The van der Waals surface area contributed by atoms with Crippen LogP contribution < -0.4 is 11.5 Å². The van der Waals surface area contributed by atoms with Gasteiger partial charge in [-0.3, -0.25) is 9.59 Å². The van der Waals surface area contributed by atoms with Crippen LogP contribution in [0, 0.1) is 0 Å². The van der Waals surface area contributed by atoms with Crippen LogP contribution in [0.1, 0.15) is 52.5 Å². The first kappa shape index (κ1) is 22.6. The third kappa shape index (κ3) is 3.95. The quantitative estimate of drug-likeness (QED) is 0.503. The Kier molecular flexibility index (Phi) is 5.72. The molecular weight excluding hydrogens is 439 g/mol. The number of allylic oxidation sites excluding steroid dienone is 1. The Bertz CT molecular complexity index is 1220. The fourth-order valence-electron chi connectivity index (χ4n) is 3.14. The highest BCUT2D eigenvalue weighted by atomic mass is 32.2. The summed E-state index contributed by atoms with van der Waals surface area (Å²) in [5.41, 5.74) is 6.66. The van der Waals surface area contributed by atoms with Crippen LogP contribution in [0.5, 0.6) is 0 Å². The molecule has 0 bridgehead atoms. The number of carbonyl (C=O) groups excluding carboxylic acids is 2. The minimum atomic E-state index is -6.25. The van der Waals surface area contributed by atoms with Gasteiger partial charge in [0.15, 0.2) is 0 Å². The predicted molar refractivity (Wildman–Crippen MR) is 105 cm³/mol. The number of alkyl halides is 3. The van der Waals surface area contributed by atoms with E-state index >= 15 is 0 Å². The van der Waals surface area contributed by atoms with Crippen molar-refractivity contribution in [3.05, 3.63) is 52.7 Å². The summed E-state index contributed by atoms with van der Waals surface area (Å²) < 4.78 is 64.8. The molecule has 3 rings (SSSR count). The lowest BCUT2D eigenvalue weighted by molar-refractivity contribution is -0.0761. The van der Waals surface area contributed by atoms with E-state index in [0.29, 0.717) is 23.1 Å².